The highest BCUT2D eigenvalue weighted by Crippen LogP contribution is 2.38. The van der Waals surface area contributed by atoms with E-state index in [-0.39, 0.29) is 6.04 Å². The lowest BCUT2D eigenvalue weighted by molar-refractivity contribution is -0.0498. The van der Waals surface area contributed by atoms with Gasteiger partial charge in [-0.25, -0.2) is 4.99 Å². The van der Waals surface area contributed by atoms with Crippen LogP contribution in [0.4, 0.5) is 5.69 Å². The van der Waals surface area contributed by atoms with Gasteiger partial charge in [0.2, 0.25) is 0 Å². The van der Waals surface area contributed by atoms with E-state index < -0.39 is 11.5 Å². The second-order valence-corrected chi connectivity index (χ2v) is 10.2. The first-order valence-electron chi connectivity index (χ1n) is 12.8. The van der Waals surface area contributed by atoms with Gasteiger partial charge in [0.1, 0.15) is 5.41 Å². The lowest BCUT2D eigenvalue weighted by Crippen LogP contribution is -2.48. The molecule has 2 saturated heterocycles. The highest BCUT2D eigenvalue weighted by Gasteiger charge is 2.38. The molecule has 2 fully saturated rings. The first-order chi connectivity index (χ1) is 17.7. The van der Waals surface area contributed by atoms with Crippen molar-refractivity contribution in [3.8, 4) is 6.07 Å². The Kier molecular flexibility index (Phi) is 6.18. The van der Waals surface area contributed by atoms with E-state index >= 15 is 0 Å². The molecular formula is C29H31N5O2. The molecule has 0 spiro atoms. The fourth-order valence-corrected chi connectivity index (χ4v) is 5.98. The molecule has 1 N–H and O–H groups in total. The zero-order valence-electron chi connectivity index (χ0n) is 20.4. The summed E-state index contributed by atoms with van der Waals surface area (Å²) in [6.07, 6.45) is 5.54. The fourth-order valence-electron chi connectivity index (χ4n) is 5.98. The van der Waals surface area contributed by atoms with Crippen LogP contribution >= 0.6 is 0 Å². The van der Waals surface area contributed by atoms with Crippen LogP contribution in [0.1, 0.15) is 36.1 Å². The van der Waals surface area contributed by atoms with Gasteiger partial charge in [0.05, 0.1) is 42.5 Å². The Morgan fingerprint density at radius 3 is 2.67 bits per heavy atom. The average molecular weight is 482 g/mol. The summed E-state index contributed by atoms with van der Waals surface area (Å²) in [6, 6.07) is 19.3. The van der Waals surface area contributed by atoms with E-state index in [1.54, 1.807) is 6.20 Å². The summed E-state index contributed by atoms with van der Waals surface area (Å²) in [6.45, 7) is 4.32. The normalized spacial score (nSPS) is 23.8. The summed E-state index contributed by atoms with van der Waals surface area (Å²) in [4.78, 5) is 14.0. The number of nitriles is 1. The number of hydrogen-bond acceptors (Lipinski definition) is 7. The molecule has 1 aromatic heterocycles. The predicted molar refractivity (Wildman–Crippen MR) is 139 cm³/mol. The van der Waals surface area contributed by atoms with Crippen molar-refractivity contribution in [3.05, 3.63) is 71.5 Å². The van der Waals surface area contributed by atoms with E-state index in [4.69, 9.17) is 9.73 Å². The SMILES string of the molecule is N#CC1(c2ccccn2)CCN(Cc2cc3c(c4ccccc24)N=CN([C@H]2CCOC[C@@H]2O)C3)CC1. The standard InChI is InChI=1S/C29H31N5O2/c30-19-29(27-7-3-4-11-31-27)9-12-33(13-10-29)16-21-15-22-17-34(25-8-14-36-18-26(25)35)20-32-28(22)24-6-2-1-5-23(21)24/h1-7,11,15,20,25-26,35H,8-10,12-14,16-18H2/t25-,26-/m0/s1. The molecule has 7 heteroatoms. The molecule has 3 aromatic rings. The van der Waals surface area contributed by atoms with E-state index in [1.807, 2.05) is 24.5 Å². The van der Waals surface area contributed by atoms with Crippen LogP contribution in [0.25, 0.3) is 10.8 Å². The minimum atomic E-state index is -0.505. The van der Waals surface area contributed by atoms with Crippen LogP contribution in [-0.2, 0) is 23.2 Å². The summed E-state index contributed by atoms with van der Waals surface area (Å²) in [5.41, 5.74) is 3.90. The molecule has 4 heterocycles. The average Bonchev–Trinajstić information content (AvgIpc) is 2.94. The number of aliphatic imine (C=N–C) groups is 1. The Labute approximate surface area is 211 Å². The van der Waals surface area contributed by atoms with E-state index in [1.165, 1.54) is 21.9 Å². The zero-order valence-corrected chi connectivity index (χ0v) is 20.4. The zero-order chi connectivity index (χ0) is 24.5. The quantitative estimate of drug-likeness (QED) is 0.608. The van der Waals surface area contributed by atoms with Crippen molar-refractivity contribution in [1.82, 2.24) is 14.8 Å². The maximum Gasteiger partial charge on any atom is 0.102 e. The third kappa shape index (κ3) is 4.16. The summed E-state index contributed by atoms with van der Waals surface area (Å²) in [5.74, 6) is 0. The van der Waals surface area contributed by atoms with Gasteiger partial charge in [-0.05, 0) is 54.0 Å². The van der Waals surface area contributed by atoms with Gasteiger partial charge < -0.3 is 14.7 Å². The van der Waals surface area contributed by atoms with Gasteiger partial charge in [0.25, 0.3) is 0 Å². The van der Waals surface area contributed by atoms with Crippen molar-refractivity contribution in [3.63, 3.8) is 0 Å². The Hall–Kier alpha value is -3.31. The van der Waals surface area contributed by atoms with Crippen LogP contribution in [0.15, 0.2) is 59.7 Å². The number of fused-ring (bicyclic) bond motifs is 3. The number of ether oxygens (including phenoxy) is 1. The minimum absolute atomic E-state index is 0.0263. The number of aromatic nitrogens is 1. The molecular weight excluding hydrogens is 450 g/mol. The summed E-state index contributed by atoms with van der Waals surface area (Å²) < 4.78 is 5.43. The molecule has 0 saturated carbocycles. The van der Waals surface area contributed by atoms with Gasteiger partial charge >= 0.3 is 0 Å². The molecule has 2 aromatic carbocycles. The Balaban J connectivity index is 1.25. The van der Waals surface area contributed by atoms with Crippen LogP contribution in [0.5, 0.6) is 0 Å². The van der Waals surface area contributed by atoms with Crippen LogP contribution in [0.2, 0.25) is 0 Å². The third-order valence-corrected chi connectivity index (χ3v) is 8.06. The molecule has 184 valence electrons. The van der Waals surface area contributed by atoms with Crippen molar-refractivity contribution in [2.75, 3.05) is 26.3 Å². The number of piperidine rings is 1. The van der Waals surface area contributed by atoms with Crippen molar-refractivity contribution in [1.29, 1.82) is 5.26 Å². The van der Waals surface area contributed by atoms with E-state index in [0.29, 0.717) is 13.2 Å². The third-order valence-electron chi connectivity index (χ3n) is 8.06. The summed E-state index contributed by atoms with van der Waals surface area (Å²) in [7, 11) is 0. The van der Waals surface area contributed by atoms with Crippen LogP contribution < -0.4 is 0 Å². The van der Waals surface area contributed by atoms with Gasteiger partial charge in [-0.1, -0.05) is 30.3 Å². The van der Waals surface area contributed by atoms with Gasteiger partial charge in [0.15, 0.2) is 0 Å². The molecule has 0 amide bonds. The highest BCUT2D eigenvalue weighted by molar-refractivity contribution is 5.98. The maximum absolute atomic E-state index is 10.5. The van der Waals surface area contributed by atoms with Crippen LogP contribution in [-0.4, -0.2) is 64.7 Å². The topological polar surface area (TPSA) is 85.0 Å². The van der Waals surface area contributed by atoms with Gasteiger partial charge in [-0.15, -0.1) is 0 Å². The predicted octanol–water partition coefficient (Wildman–Crippen LogP) is 3.92. The monoisotopic (exact) mass is 481 g/mol. The summed E-state index contributed by atoms with van der Waals surface area (Å²) in [5, 5.41) is 22.9. The first-order valence-corrected chi connectivity index (χ1v) is 12.8. The second-order valence-electron chi connectivity index (χ2n) is 10.2. The molecule has 6 rings (SSSR count). The molecule has 7 nitrogen and oxygen atoms in total. The first kappa shape index (κ1) is 23.1. The maximum atomic E-state index is 10.5. The minimum Gasteiger partial charge on any atom is -0.389 e. The van der Waals surface area contributed by atoms with Gasteiger partial charge in [-0.2, -0.15) is 5.26 Å². The largest absolute Gasteiger partial charge is 0.389 e. The number of rotatable bonds is 4. The van der Waals surface area contributed by atoms with Crippen LogP contribution in [0.3, 0.4) is 0 Å². The van der Waals surface area contributed by atoms with E-state index in [9.17, 15) is 10.4 Å². The van der Waals surface area contributed by atoms with Gasteiger partial charge in [0, 0.05) is 44.4 Å². The molecule has 0 radical (unpaired) electrons. The van der Waals surface area contributed by atoms with Gasteiger partial charge in [-0.3, -0.25) is 9.88 Å². The molecule has 36 heavy (non-hydrogen) atoms. The fraction of sp³-hybridized carbons (Fsp3) is 0.414. The van der Waals surface area contributed by atoms with Crippen LogP contribution in [0, 0.1) is 11.3 Å². The molecule has 0 aliphatic carbocycles. The summed E-state index contributed by atoms with van der Waals surface area (Å²) >= 11 is 0. The molecule has 3 aliphatic heterocycles. The second kappa shape index (κ2) is 9.62. The number of nitrogens with zero attached hydrogens (tertiary/aromatic N) is 5. The smallest absolute Gasteiger partial charge is 0.102 e. The number of aliphatic hydroxyl groups excluding tert-OH is 1. The number of hydrogen-bond donors (Lipinski definition) is 1. The van der Waals surface area contributed by atoms with E-state index in [0.717, 1.165) is 56.8 Å². The Morgan fingerprint density at radius 2 is 1.92 bits per heavy atom. The molecule has 3 aliphatic rings. The molecule has 2 atom stereocenters. The van der Waals surface area contributed by atoms with Crippen molar-refractivity contribution in [2.24, 2.45) is 4.99 Å². The Bertz CT molecular complexity index is 1310. The number of likely N-dealkylation sites (tertiary alicyclic amines) is 1. The van der Waals surface area contributed by atoms with Crippen molar-refractivity contribution < 1.29 is 9.84 Å². The number of pyridine rings is 1. The van der Waals surface area contributed by atoms with E-state index in [2.05, 4.69) is 51.2 Å². The number of aliphatic hydroxyl groups is 1. The lowest BCUT2D eigenvalue weighted by atomic mass is 9.76. The number of benzene rings is 2. The molecule has 0 unspecified atom stereocenters. The van der Waals surface area contributed by atoms with Crippen molar-refractivity contribution in [2.45, 2.75) is 49.9 Å². The van der Waals surface area contributed by atoms with Crippen molar-refractivity contribution >= 4 is 22.8 Å². The lowest BCUT2D eigenvalue weighted by Gasteiger charge is -2.38. The Morgan fingerprint density at radius 1 is 1.11 bits per heavy atom. The molecule has 0 bridgehead atoms. The highest BCUT2D eigenvalue weighted by atomic mass is 16.5.